The summed E-state index contributed by atoms with van der Waals surface area (Å²) in [6, 6.07) is 5.48. The van der Waals surface area contributed by atoms with Gasteiger partial charge in [-0.2, -0.15) is 0 Å². The number of nitrogens with two attached hydrogens (primary N) is 1. The van der Waals surface area contributed by atoms with E-state index in [4.69, 9.17) is 10.7 Å². The number of phenols is 1. The van der Waals surface area contributed by atoms with Crippen LogP contribution in [0.3, 0.4) is 0 Å². The van der Waals surface area contributed by atoms with Crippen molar-refractivity contribution in [3.63, 3.8) is 0 Å². The number of aromatic hydroxyl groups is 1. The fraction of sp³-hybridized carbons (Fsp3) is 0.438. The summed E-state index contributed by atoms with van der Waals surface area (Å²) < 4.78 is 2.36. The first-order chi connectivity index (χ1) is 9.65. The van der Waals surface area contributed by atoms with E-state index in [1.807, 2.05) is 6.07 Å². The third-order valence-corrected chi connectivity index (χ3v) is 4.18. The van der Waals surface area contributed by atoms with Crippen LogP contribution in [0, 0.1) is 6.92 Å². The third-order valence-electron chi connectivity index (χ3n) is 4.18. The normalized spacial score (nSPS) is 14.2. The van der Waals surface area contributed by atoms with Gasteiger partial charge in [0, 0.05) is 18.7 Å². The first kappa shape index (κ1) is 13.0. The van der Waals surface area contributed by atoms with Crippen LogP contribution in [-0.4, -0.2) is 14.7 Å². The average Bonchev–Trinajstić information content (AvgIpc) is 2.77. The van der Waals surface area contributed by atoms with Gasteiger partial charge in [-0.05, 0) is 50.3 Å². The molecule has 0 fully saturated rings. The number of fused-ring (bicyclic) bond motifs is 1. The van der Waals surface area contributed by atoms with Gasteiger partial charge in [0.2, 0.25) is 0 Å². The Morgan fingerprint density at radius 3 is 2.90 bits per heavy atom. The summed E-state index contributed by atoms with van der Waals surface area (Å²) in [4.78, 5) is 4.78. The molecule has 0 spiro atoms. The predicted octanol–water partition coefficient (Wildman–Crippen LogP) is 2.60. The quantitative estimate of drug-likeness (QED) is 0.666. The van der Waals surface area contributed by atoms with Crippen LogP contribution in [0.25, 0.3) is 0 Å². The molecular formula is C16H21N3O. The molecule has 0 atom stereocenters. The molecule has 0 bridgehead atoms. The van der Waals surface area contributed by atoms with E-state index in [1.165, 1.54) is 30.1 Å². The molecule has 0 saturated heterocycles. The first-order valence-electron chi connectivity index (χ1n) is 7.27. The second-order valence-corrected chi connectivity index (χ2v) is 5.56. The number of nitrogen functional groups attached to an aromatic ring is 1. The molecule has 1 aromatic heterocycles. The van der Waals surface area contributed by atoms with Crippen LogP contribution in [0.15, 0.2) is 18.2 Å². The summed E-state index contributed by atoms with van der Waals surface area (Å²) in [5.41, 5.74) is 9.65. The van der Waals surface area contributed by atoms with E-state index in [1.54, 1.807) is 12.1 Å². The maximum absolute atomic E-state index is 9.64. The predicted molar refractivity (Wildman–Crippen MR) is 79.8 cm³/mol. The number of rotatable bonds is 3. The summed E-state index contributed by atoms with van der Waals surface area (Å²) in [6.45, 7) is 3.27. The van der Waals surface area contributed by atoms with E-state index >= 15 is 0 Å². The number of phenolic OH excluding ortho intramolecular Hbond substituents is 1. The van der Waals surface area contributed by atoms with Crippen molar-refractivity contribution < 1.29 is 5.11 Å². The van der Waals surface area contributed by atoms with Crippen molar-refractivity contribution >= 4 is 5.69 Å². The van der Waals surface area contributed by atoms with Gasteiger partial charge in [-0.1, -0.05) is 6.07 Å². The Morgan fingerprint density at radius 2 is 2.15 bits per heavy atom. The highest BCUT2D eigenvalue weighted by atomic mass is 16.3. The molecule has 0 unspecified atom stereocenters. The molecule has 1 aromatic carbocycles. The van der Waals surface area contributed by atoms with Crippen LogP contribution in [0.2, 0.25) is 0 Å². The fourth-order valence-electron chi connectivity index (χ4n) is 2.93. The van der Waals surface area contributed by atoms with Crippen molar-refractivity contribution in [3.05, 3.63) is 41.0 Å². The van der Waals surface area contributed by atoms with Crippen LogP contribution in [0.4, 0.5) is 5.69 Å². The minimum Gasteiger partial charge on any atom is -0.506 e. The monoisotopic (exact) mass is 271 g/mol. The van der Waals surface area contributed by atoms with Gasteiger partial charge >= 0.3 is 0 Å². The third kappa shape index (κ3) is 2.38. The molecule has 4 heteroatoms. The van der Waals surface area contributed by atoms with Crippen LogP contribution >= 0.6 is 0 Å². The number of imidazole rings is 1. The second kappa shape index (κ2) is 5.19. The molecular weight excluding hydrogens is 250 g/mol. The van der Waals surface area contributed by atoms with E-state index in [0.717, 1.165) is 31.4 Å². The summed E-state index contributed by atoms with van der Waals surface area (Å²) in [5, 5.41) is 9.64. The smallest absolute Gasteiger partial charge is 0.138 e. The second-order valence-electron chi connectivity index (χ2n) is 5.56. The first-order valence-corrected chi connectivity index (χ1v) is 7.27. The Bertz CT molecular complexity index is 631. The maximum Gasteiger partial charge on any atom is 0.138 e. The van der Waals surface area contributed by atoms with E-state index in [2.05, 4.69) is 11.5 Å². The Hall–Kier alpha value is -1.97. The summed E-state index contributed by atoms with van der Waals surface area (Å²) in [6.07, 6.45) is 5.40. The largest absolute Gasteiger partial charge is 0.506 e. The molecule has 1 aliphatic heterocycles. The van der Waals surface area contributed by atoms with Crippen molar-refractivity contribution in [1.82, 2.24) is 9.55 Å². The van der Waals surface area contributed by atoms with Crippen LogP contribution in [0.5, 0.6) is 5.75 Å². The maximum atomic E-state index is 9.64. The molecule has 3 rings (SSSR count). The summed E-state index contributed by atoms with van der Waals surface area (Å²) in [7, 11) is 0. The fourth-order valence-corrected chi connectivity index (χ4v) is 2.93. The number of aryl methyl sites for hydroxylation is 3. The Morgan fingerprint density at radius 1 is 1.30 bits per heavy atom. The van der Waals surface area contributed by atoms with Crippen molar-refractivity contribution in [1.29, 1.82) is 0 Å². The molecule has 2 aromatic rings. The molecule has 4 nitrogen and oxygen atoms in total. The lowest BCUT2D eigenvalue weighted by molar-refractivity contribution is 0.477. The van der Waals surface area contributed by atoms with Crippen LogP contribution < -0.4 is 5.73 Å². The summed E-state index contributed by atoms with van der Waals surface area (Å²) >= 11 is 0. The molecule has 2 heterocycles. The van der Waals surface area contributed by atoms with Gasteiger partial charge in [-0.15, -0.1) is 0 Å². The number of nitrogens with zero attached hydrogens (tertiary/aromatic N) is 2. The zero-order valence-electron chi connectivity index (χ0n) is 11.9. The van der Waals surface area contributed by atoms with E-state index < -0.39 is 0 Å². The molecule has 20 heavy (non-hydrogen) atoms. The number of hydrogen-bond donors (Lipinski definition) is 2. The van der Waals surface area contributed by atoms with Gasteiger partial charge < -0.3 is 15.4 Å². The lowest BCUT2D eigenvalue weighted by Gasteiger charge is -2.14. The molecule has 0 aliphatic carbocycles. The van der Waals surface area contributed by atoms with E-state index in [-0.39, 0.29) is 5.75 Å². The van der Waals surface area contributed by atoms with Crippen molar-refractivity contribution in [2.24, 2.45) is 0 Å². The lowest BCUT2D eigenvalue weighted by atomic mass is 10.1. The van der Waals surface area contributed by atoms with Gasteiger partial charge in [0.05, 0.1) is 11.4 Å². The van der Waals surface area contributed by atoms with Gasteiger partial charge in [-0.25, -0.2) is 4.98 Å². The number of anilines is 1. The van der Waals surface area contributed by atoms with Gasteiger partial charge in [-0.3, -0.25) is 0 Å². The number of aromatic nitrogens is 2. The Kier molecular flexibility index (Phi) is 3.38. The van der Waals surface area contributed by atoms with Gasteiger partial charge in [0.1, 0.15) is 11.6 Å². The van der Waals surface area contributed by atoms with Crippen molar-refractivity contribution in [3.8, 4) is 5.75 Å². The van der Waals surface area contributed by atoms with Crippen molar-refractivity contribution in [2.75, 3.05) is 5.73 Å². The van der Waals surface area contributed by atoms with Gasteiger partial charge in [0.25, 0.3) is 0 Å². The Labute approximate surface area is 119 Å². The van der Waals surface area contributed by atoms with Crippen molar-refractivity contribution in [2.45, 2.75) is 45.6 Å². The molecule has 0 amide bonds. The lowest BCUT2D eigenvalue weighted by Crippen LogP contribution is -2.11. The Balaban J connectivity index is 1.75. The summed E-state index contributed by atoms with van der Waals surface area (Å²) in [5.74, 6) is 1.41. The minimum absolute atomic E-state index is 0.170. The zero-order valence-corrected chi connectivity index (χ0v) is 11.9. The zero-order chi connectivity index (χ0) is 14.1. The van der Waals surface area contributed by atoms with E-state index in [0.29, 0.717) is 5.69 Å². The molecule has 3 N–H and O–H groups in total. The highest BCUT2D eigenvalue weighted by molar-refractivity contribution is 5.52. The minimum atomic E-state index is 0.170. The topological polar surface area (TPSA) is 64.1 Å². The average molecular weight is 271 g/mol. The highest BCUT2D eigenvalue weighted by Crippen LogP contribution is 2.23. The SMILES string of the molecule is Cc1c(CCc2ccc(N)c(O)c2)nc2n1CCCC2. The van der Waals surface area contributed by atoms with Gasteiger partial charge in [0.15, 0.2) is 0 Å². The van der Waals surface area contributed by atoms with Crippen LogP contribution in [-0.2, 0) is 25.8 Å². The number of hydrogen-bond acceptors (Lipinski definition) is 3. The highest BCUT2D eigenvalue weighted by Gasteiger charge is 2.16. The number of benzene rings is 1. The molecule has 0 radical (unpaired) electrons. The van der Waals surface area contributed by atoms with E-state index in [9.17, 15) is 5.11 Å². The molecule has 0 saturated carbocycles. The van der Waals surface area contributed by atoms with Crippen LogP contribution in [0.1, 0.15) is 35.6 Å². The molecule has 1 aliphatic rings. The molecule has 106 valence electrons. The standard InChI is InChI=1S/C16H21N3O/c1-11-14(18-16-4-2-3-9-19(11)16)8-6-12-5-7-13(17)15(20)10-12/h5,7,10,20H,2-4,6,8-9,17H2,1H3.